The summed E-state index contributed by atoms with van der Waals surface area (Å²) in [5.41, 5.74) is 4.18. The molecule has 2 aromatic heterocycles. The van der Waals surface area contributed by atoms with Crippen molar-refractivity contribution in [2.75, 3.05) is 11.9 Å². The predicted molar refractivity (Wildman–Crippen MR) is 165 cm³/mol. The molecular weight excluding hydrogens is 550 g/mol. The van der Waals surface area contributed by atoms with Crippen molar-refractivity contribution in [2.24, 2.45) is 11.3 Å². The van der Waals surface area contributed by atoms with Gasteiger partial charge in [-0.05, 0) is 67.7 Å². The number of thiophene rings is 1. The number of hydrogen-bond donors (Lipinski definition) is 2. The fraction of sp³-hybridized carbons (Fsp3) is 0.394. The average molecular weight is 588 g/mol. The summed E-state index contributed by atoms with van der Waals surface area (Å²) >= 11 is 1.43. The number of aromatic amines is 1. The summed E-state index contributed by atoms with van der Waals surface area (Å²) in [5.74, 6) is -0.350. The van der Waals surface area contributed by atoms with E-state index in [1.165, 1.54) is 11.3 Å². The van der Waals surface area contributed by atoms with Gasteiger partial charge < -0.3 is 19.8 Å². The molecule has 2 aromatic carbocycles. The average Bonchev–Trinajstić information content (AvgIpc) is 3.56. The van der Waals surface area contributed by atoms with Crippen LogP contribution in [0.2, 0.25) is 0 Å². The molecule has 4 aromatic rings. The number of anilines is 1. The number of hydrogen-bond acceptors (Lipinski definition) is 7. The molecule has 0 saturated heterocycles. The molecule has 2 heterocycles. The molecule has 0 fully saturated rings. The van der Waals surface area contributed by atoms with Gasteiger partial charge in [0.25, 0.3) is 5.91 Å². The van der Waals surface area contributed by atoms with E-state index < -0.39 is 23.9 Å². The molecule has 42 heavy (non-hydrogen) atoms. The van der Waals surface area contributed by atoms with E-state index in [1.54, 1.807) is 32.0 Å². The van der Waals surface area contributed by atoms with Crippen LogP contribution in [0.5, 0.6) is 0 Å². The first-order valence-electron chi connectivity index (χ1n) is 14.5. The normalized spacial score (nSPS) is 15.6. The van der Waals surface area contributed by atoms with Gasteiger partial charge in [-0.1, -0.05) is 58.0 Å². The van der Waals surface area contributed by atoms with Crippen molar-refractivity contribution in [3.05, 3.63) is 70.1 Å². The van der Waals surface area contributed by atoms with Crippen molar-refractivity contribution in [3.8, 4) is 11.4 Å². The lowest BCUT2D eigenvalue weighted by molar-refractivity contribution is -0.124. The van der Waals surface area contributed by atoms with E-state index in [1.807, 2.05) is 30.3 Å². The first kappa shape index (κ1) is 29.5. The van der Waals surface area contributed by atoms with Crippen LogP contribution in [-0.4, -0.2) is 40.5 Å². The zero-order valence-electron chi connectivity index (χ0n) is 24.7. The summed E-state index contributed by atoms with van der Waals surface area (Å²) in [6, 6.07) is 14.8. The monoisotopic (exact) mass is 587 g/mol. The first-order chi connectivity index (χ1) is 20.1. The van der Waals surface area contributed by atoms with Gasteiger partial charge in [0.05, 0.1) is 28.8 Å². The molecule has 2 atom stereocenters. The van der Waals surface area contributed by atoms with Crippen LogP contribution in [0, 0.1) is 11.3 Å². The second kappa shape index (κ2) is 12.1. The zero-order valence-corrected chi connectivity index (χ0v) is 25.5. The highest BCUT2D eigenvalue weighted by atomic mass is 32.1. The number of fused-ring (bicyclic) bond motifs is 2. The third-order valence-corrected chi connectivity index (χ3v) is 9.05. The second-order valence-corrected chi connectivity index (χ2v) is 12.8. The Kier molecular flexibility index (Phi) is 8.50. The fourth-order valence-corrected chi connectivity index (χ4v) is 6.73. The van der Waals surface area contributed by atoms with Gasteiger partial charge in [0, 0.05) is 10.4 Å². The van der Waals surface area contributed by atoms with E-state index in [0.29, 0.717) is 33.4 Å². The van der Waals surface area contributed by atoms with Crippen LogP contribution in [0.3, 0.4) is 0 Å². The minimum absolute atomic E-state index is 0.138. The van der Waals surface area contributed by atoms with Crippen molar-refractivity contribution in [1.29, 1.82) is 0 Å². The fourth-order valence-electron chi connectivity index (χ4n) is 5.41. The quantitative estimate of drug-likeness (QED) is 0.211. The Morgan fingerprint density at radius 2 is 1.86 bits per heavy atom. The van der Waals surface area contributed by atoms with E-state index in [0.717, 1.165) is 40.8 Å². The van der Waals surface area contributed by atoms with E-state index in [4.69, 9.17) is 9.47 Å². The van der Waals surface area contributed by atoms with Gasteiger partial charge in [-0.15, -0.1) is 11.3 Å². The number of esters is 2. The Morgan fingerprint density at radius 1 is 1.10 bits per heavy atom. The van der Waals surface area contributed by atoms with E-state index in [2.05, 4.69) is 36.1 Å². The molecule has 2 unspecified atom stereocenters. The number of nitrogens with zero attached hydrogens (tertiary/aromatic N) is 1. The summed E-state index contributed by atoms with van der Waals surface area (Å²) in [6.07, 6.45) is 1.81. The lowest BCUT2D eigenvalue weighted by atomic mass is 9.72. The maximum atomic E-state index is 13.4. The summed E-state index contributed by atoms with van der Waals surface area (Å²) in [7, 11) is 0. The first-order valence-corrected chi connectivity index (χ1v) is 15.3. The molecule has 8 nitrogen and oxygen atoms in total. The highest BCUT2D eigenvalue weighted by molar-refractivity contribution is 7.17. The second-order valence-electron chi connectivity index (χ2n) is 11.7. The van der Waals surface area contributed by atoms with Crippen LogP contribution in [0.15, 0.2) is 48.5 Å². The van der Waals surface area contributed by atoms with Crippen molar-refractivity contribution in [2.45, 2.75) is 66.4 Å². The molecule has 2 N–H and O–H groups in total. The van der Waals surface area contributed by atoms with Gasteiger partial charge >= 0.3 is 11.9 Å². The molecule has 1 amide bonds. The van der Waals surface area contributed by atoms with Gasteiger partial charge in [-0.3, -0.25) is 4.79 Å². The smallest absolute Gasteiger partial charge is 0.341 e. The number of rotatable bonds is 8. The number of amides is 1. The van der Waals surface area contributed by atoms with Crippen LogP contribution in [0.4, 0.5) is 5.00 Å². The van der Waals surface area contributed by atoms with Crippen LogP contribution < -0.4 is 5.32 Å². The molecule has 1 aliphatic rings. The number of H-pyrrole nitrogens is 1. The minimum atomic E-state index is -1.04. The van der Waals surface area contributed by atoms with Crippen molar-refractivity contribution < 1.29 is 23.9 Å². The van der Waals surface area contributed by atoms with Crippen molar-refractivity contribution in [1.82, 2.24) is 9.97 Å². The number of aromatic nitrogens is 2. The molecule has 1 aliphatic carbocycles. The minimum Gasteiger partial charge on any atom is -0.462 e. The molecular formula is C33H37N3O5S. The standard InChI is InChI=1S/C33H37N3O5S/c1-6-25(41-31(38)20-13-16-23-24(17-20)35-28(34-23)19-11-9-8-10-12-19)29(37)36-30-27(32(39)40-7-2)22-15-14-21(33(3,4)5)18-26(22)42-30/h8-13,16-17,21,25H,6-7,14-15,18H2,1-5H3,(H,34,35)(H,36,37). The van der Waals surface area contributed by atoms with Gasteiger partial charge in [0.1, 0.15) is 10.8 Å². The lowest BCUT2D eigenvalue weighted by Crippen LogP contribution is -2.32. The summed E-state index contributed by atoms with van der Waals surface area (Å²) < 4.78 is 11.0. The Hall–Kier alpha value is -3.98. The topological polar surface area (TPSA) is 110 Å². The highest BCUT2D eigenvalue weighted by Crippen LogP contribution is 2.44. The van der Waals surface area contributed by atoms with Crippen molar-refractivity contribution >= 4 is 45.2 Å². The van der Waals surface area contributed by atoms with E-state index >= 15 is 0 Å². The molecule has 220 valence electrons. The molecule has 0 bridgehead atoms. The van der Waals surface area contributed by atoms with Crippen LogP contribution in [0.25, 0.3) is 22.4 Å². The maximum absolute atomic E-state index is 13.4. The van der Waals surface area contributed by atoms with Crippen LogP contribution >= 0.6 is 11.3 Å². The third-order valence-electron chi connectivity index (χ3n) is 7.88. The van der Waals surface area contributed by atoms with Crippen molar-refractivity contribution in [3.63, 3.8) is 0 Å². The molecule has 0 radical (unpaired) electrons. The largest absolute Gasteiger partial charge is 0.462 e. The number of carbonyl (C=O) groups excluding carboxylic acids is 3. The third kappa shape index (κ3) is 6.11. The number of nitrogens with one attached hydrogen (secondary N) is 2. The molecule has 0 saturated carbocycles. The SMILES string of the molecule is CCOC(=O)c1c(NC(=O)C(CC)OC(=O)c2ccc3nc(-c4ccccc4)[nH]c3c2)sc2c1CCC(C(C)(C)C)C2. The summed E-state index contributed by atoms with van der Waals surface area (Å²) in [4.78, 5) is 48.5. The molecule has 0 aliphatic heterocycles. The predicted octanol–water partition coefficient (Wildman–Crippen LogP) is 7.19. The summed E-state index contributed by atoms with van der Waals surface area (Å²) in [5, 5.41) is 3.36. The van der Waals surface area contributed by atoms with Gasteiger partial charge in [0.15, 0.2) is 6.10 Å². The molecule has 0 spiro atoms. The van der Waals surface area contributed by atoms with Gasteiger partial charge in [-0.25, -0.2) is 14.6 Å². The van der Waals surface area contributed by atoms with Gasteiger partial charge in [-0.2, -0.15) is 0 Å². The summed E-state index contributed by atoms with van der Waals surface area (Å²) in [6.45, 7) is 10.5. The Balaban J connectivity index is 1.34. The Morgan fingerprint density at radius 3 is 2.55 bits per heavy atom. The number of ether oxygens (including phenoxy) is 2. The van der Waals surface area contributed by atoms with Crippen LogP contribution in [-0.2, 0) is 27.1 Å². The van der Waals surface area contributed by atoms with E-state index in [-0.39, 0.29) is 18.4 Å². The maximum Gasteiger partial charge on any atom is 0.341 e. The van der Waals surface area contributed by atoms with E-state index in [9.17, 15) is 14.4 Å². The zero-order chi connectivity index (χ0) is 30.0. The lowest BCUT2D eigenvalue weighted by Gasteiger charge is -2.33. The number of benzene rings is 2. The van der Waals surface area contributed by atoms with Crippen LogP contribution in [0.1, 0.15) is 78.6 Å². The Bertz CT molecular complexity index is 1620. The molecule has 9 heteroatoms. The number of imidazole rings is 1. The Labute approximate surface area is 249 Å². The number of carbonyl (C=O) groups is 3. The molecule has 5 rings (SSSR count). The highest BCUT2D eigenvalue weighted by Gasteiger charge is 2.35. The van der Waals surface area contributed by atoms with Gasteiger partial charge in [0.2, 0.25) is 0 Å².